The summed E-state index contributed by atoms with van der Waals surface area (Å²) in [6.07, 6.45) is 1.40. The van der Waals surface area contributed by atoms with E-state index < -0.39 is 31.4 Å². The number of nitrogens with one attached hydrogen (secondary N) is 1. The molecule has 0 aliphatic carbocycles. The van der Waals surface area contributed by atoms with Crippen molar-refractivity contribution < 1.29 is 21.9 Å². The highest BCUT2D eigenvalue weighted by molar-refractivity contribution is 7.92. The molecule has 7 nitrogen and oxygen atoms in total. The lowest BCUT2D eigenvalue weighted by atomic mass is 10.2. The number of nitrogens with zero attached hydrogens (tertiary/aromatic N) is 1. The normalized spacial score (nSPS) is 12.1. The maximum absolute atomic E-state index is 12.3. The smallest absolute Gasteiger partial charge is 0.238 e. The van der Waals surface area contributed by atoms with Crippen LogP contribution in [0.4, 0.5) is 5.82 Å². The van der Waals surface area contributed by atoms with E-state index in [1.54, 1.807) is 6.92 Å². The highest BCUT2D eigenvalue weighted by Gasteiger charge is 2.19. The van der Waals surface area contributed by atoms with E-state index in [0.717, 1.165) is 12.3 Å². The zero-order chi connectivity index (χ0) is 19.5. The fourth-order valence-electron chi connectivity index (χ4n) is 2.17. The second-order valence-electron chi connectivity index (χ2n) is 5.50. The van der Waals surface area contributed by atoms with Crippen LogP contribution in [-0.4, -0.2) is 32.7 Å². The predicted octanol–water partition coefficient (Wildman–Crippen LogP) is 3.22. The molecule has 0 amide bonds. The van der Waals surface area contributed by atoms with Crippen LogP contribution in [0.5, 0.6) is 5.75 Å². The molecule has 1 aromatic carbocycles. The molecule has 0 atom stereocenters. The van der Waals surface area contributed by atoms with E-state index in [9.17, 15) is 21.9 Å². The molecule has 0 radical (unpaired) electrons. The summed E-state index contributed by atoms with van der Waals surface area (Å²) in [4.78, 5) is 3.54. The number of sulfonamides is 1. The summed E-state index contributed by atoms with van der Waals surface area (Å²) in [6.45, 7) is 1.70. The number of hydrogen-bond donors (Lipinski definition) is 2. The van der Waals surface area contributed by atoms with Gasteiger partial charge < -0.3 is 5.11 Å². The van der Waals surface area contributed by atoms with Crippen molar-refractivity contribution in [2.75, 3.05) is 10.5 Å². The Morgan fingerprint density at radius 1 is 1.08 bits per heavy atom. The molecule has 1 heterocycles. The molecule has 1 aromatic heterocycles. The molecule has 0 fully saturated rings. The zero-order valence-electron chi connectivity index (χ0n) is 13.6. The van der Waals surface area contributed by atoms with Crippen molar-refractivity contribution in [3.05, 3.63) is 46.1 Å². The van der Waals surface area contributed by atoms with Gasteiger partial charge in [-0.25, -0.2) is 21.8 Å². The van der Waals surface area contributed by atoms with Gasteiger partial charge in [0.15, 0.2) is 21.4 Å². The van der Waals surface area contributed by atoms with Gasteiger partial charge in [0.2, 0.25) is 10.0 Å². The number of halogens is 2. The van der Waals surface area contributed by atoms with Crippen LogP contribution in [0, 0.1) is 0 Å². The Balaban J connectivity index is 2.24. The topological polar surface area (TPSA) is 113 Å². The van der Waals surface area contributed by atoms with E-state index in [2.05, 4.69) is 9.71 Å². The van der Waals surface area contributed by atoms with Gasteiger partial charge in [0.25, 0.3) is 0 Å². The van der Waals surface area contributed by atoms with Crippen molar-refractivity contribution in [2.24, 2.45) is 0 Å². The number of anilines is 1. The van der Waals surface area contributed by atoms with E-state index in [0.29, 0.717) is 12.0 Å². The van der Waals surface area contributed by atoms with Crippen LogP contribution in [0.15, 0.2) is 35.4 Å². The van der Waals surface area contributed by atoms with Gasteiger partial charge in [-0.2, -0.15) is 0 Å². The minimum Gasteiger partial charge on any atom is -0.504 e. The summed E-state index contributed by atoms with van der Waals surface area (Å²) in [6, 6.07) is 5.32. The molecule has 11 heteroatoms. The Hall–Kier alpha value is -1.55. The van der Waals surface area contributed by atoms with Crippen LogP contribution in [0.3, 0.4) is 0 Å². The average Bonchev–Trinajstić information content (AvgIpc) is 2.47. The fraction of sp³-hybridized carbons (Fsp3) is 0.267. The van der Waals surface area contributed by atoms with Gasteiger partial charge in [-0.15, -0.1) is 0 Å². The first kappa shape index (κ1) is 20.8. The van der Waals surface area contributed by atoms with Crippen molar-refractivity contribution in [3.63, 3.8) is 0 Å². The van der Waals surface area contributed by atoms with Gasteiger partial charge >= 0.3 is 0 Å². The van der Waals surface area contributed by atoms with E-state index in [4.69, 9.17) is 23.2 Å². The first-order valence-corrected chi connectivity index (χ1v) is 11.5. The Labute approximate surface area is 162 Å². The molecule has 0 spiro atoms. The van der Waals surface area contributed by atoms with Gasteiger partial charge in [0.05, 0.1) is 16.4 Å². The highest BCUT2D eigenvalue weighted by atomic mass is 35.5. The minimum atomic E-state index is -3.94. The third kappa shape index (κ3) is 5.47. The van der Waals surface area contributed by atoms with Crippen LogP contribution in [0.2, 0.25) is 10.0 Å². The molecule has 2 rings (SSSR count). The average molecular weight is 439 g/mol. The number of pyridine rings is 1. The van der Waals surface area contributed by atoms with Crippen molar-refractivity contribution in [3.8, 4) is 5.75 Å². The molecule has 142 valence electrons. The Bertz CT molecular complexity index is 1000. The maximum atomic E-state index is 12.3. The van der Waals surface area contributed by atoms with Gasteiger partial charge in [-0.1, -0.05) is 30.1 Å². The van der Waals surface area contributed by atoms with Crippen LogP contribution >= 0.6 is 23.2 Å². The second kappa shape index (κ2) is 7.99. The number of aromatic hydroxyl groups is 1. The Morgan fingerprint density at radius 3 is 2.23 bits per heavy atom. The third-order valence-electron chi connectivity index (χ3n) is 3.21. The lowest BCUT2D eigenvalue weighted by molar-refractivity contribution is 0.473. The molecule has 0 saturated heterocycles. The maximum Gasteiger partial charge on any atom is 0.238 e. The first-order chi connectivity index (χ1) is 12.0. The molecular formula is C15H16Cl2N2O5S2. The third-order valence-corrected chi connectivity index (χ3v) is 6.75. The molecule has 26 heavy (non-hydrogen) atoms. The van der Waals surface area contributed by atoms with Gasteiger partial charge in [-0.05, 0) is 30.2 Å². The van der Waals surface area contributed by atoms with Crippen molar-refractivity contribution in [1.82, 2.24) is 4.98 Å². The Kier molecular flexibility index (Phi) is 6.38. The molecular weight excluding hydrogens is 423 g/mol. The number of benzene rings is 1. The Morgan fingerprint density at radius 2 is 1.69 bits per heavy atom. The summed E-state index contributed by atoms with van der Waals surface area (Å²) in [5, 5.41) is 10.5. The molecule has 0 aliphatic rings. The highest BCUT2D eigenvalue weighted by Crippen LogP contribution is 2.26. The SMILES string of the molecule is CCCS(=O)(=O)c1cnc(NS(=O)(=O)Cc2cc(Cl)cc(Cl)c2)c(O)c1. The van der Waals surface area contributed by atoms with E-state index in [-0.39, 0.29) is 26.5 Å². The standard InChI is InChI=1S/C15H16Cl2N2O5S2/c1-2-3-25(21,22)13-7-14(20)15(18-8-13)19-26(23,24)9-10-4-11(16)6-12(17)5-10/h4-8,20H,2-3,9H2,1H3,(H,18,19). The lowest BCUT2D eigenvalue weighted by Crippen LogP contribution is -2.16. The van der Waals surface area contributed by atoms with Crippen molar-refractivity contribution in [1.29, 1.82) is 0 Å². The quantitative estimate of drug-likeness (QED) is 0.685. The zero-order valence-corrected chi connectivity index (χ0v) is 16.8. The first-order valence-electron chi connectivity index (χ1n) is 7.39. The molecule has 0 bridgehead atoms. The lowest BCUT2D eigenvalue weighted by Gasteiger charge is -2.10. The van der Waals surface area contributed by atoms with Crippen LogP contribution in [0.25, 0.3) is 0 Å². The number of hydrogen-bond acceptors (Lipinski definition) is 6. The van der Waals surface area contributed by atoms with Crippen LogP contribution in [-0.2, 0) is 25.6 Å². The molecule has 0 aliphatic heterocycles. The molecule has 0 unspecified atom stereocenters. The minimum absolute atomic E-state index is 0.102. The van der Waals surface area contributed by atoms with E-state index in [1.807, 2.05) is 0 Å². The molecule has 2 aromatic rings. The van der Waals surface area contributed by atoms with E-state index in [1.165, 1.54) is 18.2 Å². The van der Waals surface area contributed by atoms with Gasteiger partial charge in [0, 0.05) is 22.3 Å². The summed E-state index contributed by atoms with van der Waals surface area (Å²) < 4.78 is 50.6. The monoisotopic (exact) mass is 438 g/mol. The number of sulfone groups is 1. The van der Waals surface area contributed by atoms with Crippen LogP contribution < -0.4 is 4.72 Å². The summed E-state index contributed by atoms with van der Waals surface area (Å²) in [5.74, 6) is -1.51. The summed E-state index contributed by atoms with van der Waals surface area (Å²) in [5.41, 5.74) is 0.344. The molecule has 0 saturated carbocycles. The molecule has 2 N–H and O–H groups in total. The second-order valence-corrected chi connectivity index (χ2v) is 10.2. The van der Waals surface area contributed by atoms with Crippen LogP contribution in [0.1, 0.15) is 18.9 Å². The van der Waals surface area contributed by atoms with Crippen molar-refractivity contribution >= 4 is 48.9 Å². The summed E-state index contributed by atoms with van der Waals surface area (Å²) in [7, 11) is -7.52. The number of rotatable bonds is 7. The van der Waals surface area contributed by atoms with Crippen molar-refractivity contribution in [2.45, 2.75) is 24.0 Å². The fourth-order valence-corrected chi connectivity index (χ4v) is 5.15. The predicted molar refractivity (Wildman–Crippen MR) is 101 cm³/mol. The van der Waals surface area contributed by atoms with E-state index >= 15 is 0 Å². The van der Waals surface area contributed by atoms with Gasteiger partial charge in [-0.3, -0.25) is 4.72 Å². The summed E-state index contributed by atoms with van der Waals surface area (Å²) >= 11 is 11.7. The largest absolute Gasteiger partial charge is 0.504 e. The number of aromatic nitrogens is 1. The van der Waals surface area contributed by atoms with Gasteiger partial charge in [0.1, 0.15) is 0 Å².